The molecule has 1 fully saturated rings. The number of ether oxygens (including phenoxy) is 3. The van der Waals surface area contributed by atoms with Crippen molar-refractivity contribution in [2.24, 2.45) is 0 Å². The first-order chi connectivity index (χ1) is 42.2. The molecule has 1 heterocycles. The van der Waals surface area contributed by atoms with Crippen molar-refractivity contribution in [3.8, 4) is 0 Å². The normalized spacial score (nSPS) is 19.2. The lowest BCUT2D eigenvalue weighted by molar-refractivity contribution is -0.305. The van der Waals surface area contributed by atoms with Crippen molar-refractivity contribution in [3.63, 3.8) is 0 Å². The first-order valence-corrected chi connectivity index (χ1v) is 34.5. The molecule has 0 aliphatic carbocycles. The van der Waals surface area contributed by atoms with Gasteiger partial charge in [-0.2, -0.15) is 0 Å². The fraction of sp³-hybridized carbons (Fsp3) is 0.680. The van der Waals surface area contributed by atoms with Crippen molar-refractivity contribution in [3.05, 3.63) is 134 Å². The van der Waals surface area contributed by atoms with Gasteiger partial charge in [-0.25, -0.2) is 0 Å². The number of carbonyl (C=O) groups is 2. The topological polar surface area (TPSA) is 175 Å². The SMILES string of the molecule is CC/C=C\C/C=C\C/C=C\C/C=C\C/C=C\CCCCCCCCCCCCCC(=O)OC1C(OCC(NC(=O)C(O)CCCC/C=C\C/C=C\C/C=C\C/C=C\C/C=C\CC)C(O)/C=C/CCCCCCCCCCCC)OC(CO)C(O)C1O. The van der Waals surface area contributed by atoms with Crippen molar-refractivity contribution < 1.29 is 49.3 Å². The Kier molecular flexibility index (Phi) is 56.7. The molecule has 8 atom stereocenters. The Morgan fingerprint density at radius 2 is 0.837 bits per heavy atom. The van der Waals surface area contributed by atoms with E-state index in [1.165, 1.54) is 83.5 Å². The lowest BCUT2D eigenvalue weighted by atomic mass is 9.99. The third-order valence-electron chi connectivity index (χ3n) is 15.3. The van der Waals surface area contributed by atoms with E-state index in [2.05, 4.69) is 148 Å². The Balaban J connectivity index is 2.60. The van der Waals surface area contributed by atoms with E-state index in [0.717, 1.165) is 135 Å². The number of unbranched alkanes of at least 4 members (excludes halogenated alkanes) is 23. The van der Waals surface area contributed by atoms with Crippen LogP contribution in [0.5, 0.6) is 0 Å². The van der Waals surface area contributed by atoms with Gasteiger partial charge in [0.05, 0.1) is 25.4 Å². The van der Waals surface area contributed by atoms with Crippen LogP contribution < -0.4 is 5.32 Å². The maximum Gasteiger partial charge on any atom is 0.306 e. The lowest BCUT2D eigenvalue weighted by Gasteiger charge is -2.41. The Labute approximate surface area is 524 Å². The smallest absolute Gasteiger partial charge is 0.306 e. The highest BCUT2D eigenvalue weighted by atomic mass is 16.7. The number of esters is 1. The Bertz CT molecular complexity index is 1910. The van der Waals surface area contributed by atoms with E-state index in [1.54, 1.807) is 6.08 Å². The summed E-state index contributed by atoms with van der Waals surface area (Å²) in [6.07, 6.45) is 76.3. The largest absolute Gasteiger partial charge is 0.454 e. The van der Waals surface area contributed by atoms with Gasteiger partial charge < -0.3 is 45.1 Å². The van der Waals surface area contributed by atoms with Gasteiger partial charge in [-0.05, 0) is 116 Å². The number of rotatable bonds is 57. The van der Waals surface area contributed by atoms with Crippen LogP contribution in [0, 0.1) is 0 Å². The van der Waals surface area contributed by atoms with Gasteiger partial charge in [-0.3, -0.25) is 9.59 Å². The van der Waals surface area contributed by atoms with Crippen molar-refractivity contribution in [2.45, 2.75) is 314 Å². The van der Waals surface area contributed by atoms with Crippen molar-refractivity contribution in [1.29, 1.82) is 0 Å². The van der Waals surface area contributed by atoms with E-state index in [9.17, 15) is 35.1 Å². The van der Waals surface area contributed by atoms with Crippen LogP contribution in [-0.2, 0) is 23.8 Å². The number of hydrogen-bond acceptors (Lipinski definition) is 10. The average Bonchev–Trinajstić information content (AvgIpc) is 2.65. The predicted octanol–water partition coefficient (Wildman–Crippen LogP) is 17.6. The third kappa shape index (κ3) is 47.8. The van der Waals surface area contributed by atoms with Crippen LogP contribution in [0.25, 0.3) is 0 Å². The molecule has 11 heteroatoms. The molecule has 0 radical (unpaired) electrons. The van der Waals surface area contributed by atoms with E-state index >= 15 is 0 Å². The second-order valence-electron chi connectivity index (χ2n) is 23.1. The number of aliphatic hydroxyl groups is 5. The van der Waals surface area contributed by atoms with Crippen molar-refractivity contribution >= 4 is 11.9 Å². The van der Waals surface area contributed by atoms with Gasteiger partial charge >= 0.3 is 5.97 Å². The molecule has 11 nitrogen and oxygen atoms in total. The minimum absolute atomic E-state index is 0.108. The molecule has 6 N–H and O–H groups in total. The molecule has 1 saturated heterocycles. The predicted molar refractivity (Wildman–Crippen MR) is 361 cm³/mol. The number of nitrogens with one attached hydrogen (secondary N) is 1. The zero-order valence-electron chi connectivity index (χ0n) is 54.4. The summed E-state index contributed by atoms with van der Waals surface area (Å²) in [5, 5.41) is 57.1. The summed E-state index contributed by atoms with van der Waals surface area (Å²) in [5.74, 6) is -1.24. The van der Waals surface area contributed by atoms with Crippen molar-refractivity contribution in [2.75, 3.05) is 13.2 Å². The summed E-state index contributed by atoms with van der Waals surface area (Å²) >= 11 is 0. The molecule has 0 aromatic rings. The third-order valence-corrected chi connectivity index (χ3v) is 15.3. The second kappa shape index (κ2) is 61.1. The molecule has 1 rings (SSSR count). The van der Waals surface area contributed by atoms with E-state index in [-0.39, 0.29) is 19.4 Å². The molecule has 490 valence electrons. The minimum atomic E-state index is -1.63. The van der Waals surface area contributed by atoms with Crippen LogP contribution in [0.3, 0.4) is 0 Å². The molecule has 0 bridgehead atoms. The van der Waals surface area contributed by atoms with E-state index < -0.39 is 67.4 Å². The van der Waals surface area contributed by atoms with E-state index in [1.807, 2.05) is 6.08 Å². The van der Waals surface area contributed by atoms with E-state index in [0.29, 0.717) is 12.8 Å². The number of allylic oxidation sites excluding steroid dienone is 21. The van der Waals surface area contributed by atoms with Gasteiger partial charge in [0, 0.05) is 6.42 Å². The first-order valence-electron chi connectivity index (χ1n) is 34.5. The van der Waals surface area contributed by atoms with Gasteiger partial charge in [0.2, 0.25) is 5.91 Å². The summed E-state index contributed by atoms with van der Waals surface area (Å²) in [4.78, 5) is 26.6. The highest BCUT2D eigenvalue weighted by molar-refractivity contribution is 5.80. The quantitative estimate of drug-likeness (QED) is 0.0195. The van der Waals surface area contributed by atoms with Crippen LogP contribution in [0.1, 0.15) is 265 Å². The number of aliphatic hydroxyl groups excluding tert-OH is 5. The monoisotopic (exact) mass is 1200 g/mol. The van der Waals surface area contributed by atoms with Gasteiger partial charge in [0.25, 0.3) is 0 Å². The van der Waals surface area contributed by atoms with Crippen LogP contribution in [-0.4, -0.2) is 99.6 Å². The zero-order chi connectivity index (χ0) is 62.4. The Morgan fingerprint density at radius 1 is 0.465 bits per heavy atom. The fourth-order valence-electron chi connectivity index (χ4n) is 9.94. The minimum Gasteiger partial charge on any atom is -0.454 e. The zero-order valence-corrected chi connectivity index (χ0v) is 54.4. The van der Waals surface area contributed by atoms with Crippen LogP contribution in [0.15, 0.2) is 134 Å². The lowest BCUT2D eigenvalue weighted by Crippen LogP contribution is -2.61. The maximum absolute atomic E-state index is 13.4. The van der Waals surface area contributed by atoms with Gasteiger partial charge in [-0.15, -0.1) is 0 Å². The molecule has 8 unspecified atom stereocenters. The molecule has 86 heavy (non-hydrogen) atoms. The average molecular weight is 1200 g/mol. The summed E-state index contributed by atoms with van der Waals surface area (Å²) in [6, 6.07) is -1.05. The maximum atomic E-state index is 13.4. The second-order valence-corrected chi connectivity index (χ2v) is 23.1. The Hall–Kier alpha value is -4.20. The van der Waals surface area contributed by atoms with Crippen LogP contribution >= 0.6 is 0 Å². The molecule has 0 spiro atoms. The molecule has 0 saturated carbocycles. The molecular weight excluding hydrogens is 1070 g/mol. The number of carbonyl (C=O) groups excluding carboxylic acids is 2. The standard InChI is InChI=1S/C75H125NO10/c1-4-7-10-13-16-19-22-25-27-29-31-32-33-34-35-36-37-38-39-41-43-45-48-51-54-57-60-63-70(80)86-73-72(82)71(81)69(64-77)85-75(73)84-65-66(67(78)61-58-55-52-49-46-24-21-18-15-12-9-6-3)76-74(83)68(79)62-59-56-53-50-47-44-42-40-30-28-26-23-20-17-14-11-8-5-2/h7-8,10-11,16-17,19-20,25-28,31-32,34-35,40,42,47,50,58,61,66-69,71-73,75,77-79,81-82H,4-6,9,12-15,18,21-24,29-30,33,36-39,41,43-46,48-49,51-57,59-60,62-65H2,1-3H3,(H,76,83)/b10-7-,11-8-,19-16-,20-17-,27-25-,28-26-,32-31-,35-34-,42-40-,50-47-,61-58+. The van der Waals surface area contributed by atoms with Crippen molar-refractivity contribution in [1.82, 2.24) is 5.32 Å². The summed E-state index contributed by atoms with van der Waals surface area (Å²) in [5.41, 5.74) is 0. The molecule has 1 aliphatic rings. The first kappa shape index (κ1) is 79.8. The van der Waals surface area contributed by atoms with Gasteiger partial charge in [-0.1, -0.05) is 276 Å². The van der Waals surface area contributed by atoms with E-state index in [4.69, 9.17) is 14.2 Å². The van der Waals surface area contributed by atoms with Gasteiger partial charge in [0.15, 0.2) is 12.4 Å². The molecule has 0 aromatic heterocycles. The van der Waals surface area contributed by atoms with Crippen LogP contribution in [0.2, 0.25) is 0 Å². The fourth-order valence-corrected chi connectivity index (χ4v) is 9.94. The summed E-state index contributed by atoms with van der Waals surface area (Å²) in [6.45, 7) is 5.54. The summed E-state index contributed by atoms with van der Waals surface area (Å²) in [7, 11) is 0. The van der Waals surface area contributed by atoms with Gasteiger partial charge in [0.1, 0.15) is 24.4 Å². The highest BCUT2D eigenvalue weighted by Gasteiger charge is 2.47. The molecule has 0 aromatic carbocycles. The molecular formula is C75H125NO10. The number of hydrogen-bond donors (Lipinski definition) is 6. The Morgan fingerprint density at radius 3 is 1.26 bits per heavy atom. The summed E-state index contributed by atoms with van der Waals surface area (Å²) < 4.78 is 17.7. The molecule has 1 amide bonds. The molecule has 1 aliphatic heterocycles. The highest BCUT2D eigenvalue weighted by Crippen LogP contribution is 2.26. The van der Waals surface area contributed by atoms with Crippen LogP contribution in [0.4, 0.5) is 0 Å². The number of amides is 1.